The molecule has 5 heavy (non-hydrogen) atoms. The molecule has 1 nitrogen and oxygen atoms in total. The molecule has 2 heteroatoms. The molecule has 0 aromatic rings. The third-order valence-corrected chi connectivity index (χ3v) is 0. The summed E-state index contributed by atoms with van der Waals surface area (Å²) in [5, 5.41) is 0. The van der Waals surface area contributed by atoms with Gasteiger partial charge >= 0.3 is 27.2 Å². The fourth-order valence-electron chi connectivity index (χ4n) is 0. The van der Waals surface area contributed by atoms with Crippen LogP contribution in [0, 0.1) is 6.42 Å². The number of rotatable bonds is 0. The van der Waals surface area contributed by atoms with E-state index < -0.39 is 0 Å². The van der Waals surface area contributed by atoms with E-state index >= 15 is 0 Å². The first-order valence-corrected chi connectivity index (χ1v) is 2.13. The predicted octanol–water partition coefficient (Wildman–Crippen LogP) is 1.11. The molecule has 0 unspecified atom stereocenters. The summed E-state index contributed by atoms with van der Waals surface area (Å²) in [5.41, 5.74) is 0. The first-order valence-electron chi connectivity index (χ1n) is 1.39. The van der Waals surface area contributed by atoms with Crippen LogP contribution >= 0.6 is 0 Å². The third-order valence-electron chi connectivity index (χ3n) is 0. The van der Waals surface area contributed by atoms with E-state index in [1.807, 2.05) is 20.3 Å². The van der Waals surface area contributed by atoms with Gasteiger partial charge in [0.2, 0.25) is 0 Å². The molecular weight excluding hydrogens is 97.0 g/mol. The van der Waals surface area contributed by atoms with Crippen LogP contribution in [0.4, 0.5) is 0 Å². The molecule has 0 aromatic carbocycles. The Morgan fingerprint density at radius 1 is 1.40 bits per heavy atom. The van der Waals surface area contributed by atoms with Crippen molar-refractivity contribution in [3.05, 3.63) is 6.42 Å². The second-order valence-corrected chi connectivity index (χ2v) is 0.577. The summed E-state index contributed by atoms with van der Waals surface area (Å²) in [6.07, 6.45) is 2.00. The SMILES string of the molecule is C[CH]C.[O]=[Sc]. The molecule has 28 valence electrons. The van der Waals surface area contributed by atoms with E-state index in [1.165, 1.54) is 0 Å². The van der Waals surface area contributed by atoms with Crippen LogP contribution in [0.1, 0.15) is 13.8 Å². The summed E-state index contributed by atoms with van der Waals surface area (Å²) >= 11 is 0.438. The van der Waals surface area contributed by atoms with Gasteiger partial charge in [-0.3, -0.25) is 0 Å². The Bertz CT molecular complexity index is 10.9. The van der Waals surface area contributed by atoms with Gasteiger partial charge in [-0.2, -0.15) is 0 Å². The standard InChI is InChI=1S/C3H7.O.Sc/c1-3-2;;/h3H,1-2H3;;. The van der Waals surface area contributed by atoms with Crippen LogP contribution in [0.2, 0.25) is 0 Å². The van der Waals surface area contributed by atoms with Gasteiger partial charge in [0, 0.05) is 0 Å². The molecule has 0 amide bonds. The molecule has 0 N–H and O–H groups in total. The van der Waals surface area contributed by atoms with E-state index in [9.17, 15) is 0 Å². The van der Waals surface area contributed by atoms with Crippen LogP contribution in [0.3, 0.4) is 0 Å². The summed E-state index contributed by atoms with van der Waals surface area (Å²) in [5.74, 6) is 0. The monoisotopic (exact) mass is 104 g/mol. The third kappa shape index (κ3) is 74.1. The molecule has 0 spiro atoms. The molecule has 0 heterocycles. The van der Waals surface area contributed by atoms with Gasteiger partial charge in [-0.15, -0.1) is 0 Å². The minimum absolute atomic E-state index is 0.438. The Hall–Kier alpha value is 0.670. The quantitative estimate of drug-likeness (QED) is 0.450. The molecule has 0 rings (SSSR count). The summed E-state index contributed by atoms with van der Waals surface area (Å²) in [7, 11) is 0. The summed E-state index contributed by atoms with van der Waals surface area (Å²) in [6.45, 7) is 4.00. The van der Waals surface area contributed by atoms with E-state index in [2.05, 4.69) is 0 Å². The Morgan fingerprint density at radius 2 is 1.40 bits per heavy atom. The van der Waals surface area contributed by atoms with E-state index in [0.717, 1.165) is 0 Å². The molecule has 0 aliphatic carbocycles. The molecular formula is C3H7OSc. The first-order chi connectivity index (χ1) is 2.41. The zero-order valence-electron chi connectivity index (χ0n) is 3.56. The van der Waals surface area contributed by atoms with E-state index in [1.54, 1.807) is 0 Å². The van der Waals surface area contributed by atoms with Crippen LogP contribution in [0.15, 0.2) is 0 Å². The van der Waals surface area contributed by atoms with Gasteiger partial charge in [0.15, 0.2) is 0 Å². The minimum atomic E-state index is 0.438. The van der Waals surface area contributed by atoms with Crippen molar-refractivity contribution in [3.8, 4) is 0 Å². The van der Waals surface area contributed by atoms with Gasteiger partial charge in [0.05, 0.1) is 0 Å². The van der Waals surface area contributed by atoms with Gasteiger partial charge in [-0.25, -0.2) is 0 Å². The second-order valence-electron chi connectivity index (χ2n) is 0.577. The molecule has 0 aromatic heterocycles. The molecule has 0 aliphatic rings. The zero-order chi connectivity index (χ0) is 4.71. The van der Waals surface area contributed by atoms with Gasteiger partial charge in [0.25, 0.3) is 0 Å². The van der Waals surface area contributed by atoms with Gasteiger partial charge in [0.1, 0.15) is 0 Å². The second kappa shape index (κ2) is 22.6. The fourth-order valence-corrected chi connectivity index (χ4v) is 0. The van der Waals surface area contributed by atoms with E-state index in [4.69, 9.17) is 2.85 Å². The maximum absolute atomic E-state index is 8.31. The predicted molar refractivity (Wildman–Crippen MR) is 16.3 cm³/mol. The summed E-state index contributed by atoms with van der Waals surface area (Å²) < 4.78 is 8.31. The first kappa shape index (κ1) is 9.18. The Morgan fingerprint density at radius 3 is 1.40 bits per heavy atom. The van der Waals surface area contributed by atoms with Crippen LogP contribution in [0.5, 0.6) is 0 Å². The van der Waals surface area contributed by atoms with Crippen molar-refractivity contribution in [2.45, 2.75) is 13.8 Å². The van der Waals surface area contributed by atoms with Crippen molar-refractivity contribution >= 4 is 0 Å². The van der Waals surface area contributed by atoms with Crippen LogP contribution < -0.4 is 0 Å². The number of hydrogen-bond donors (Lipinski definition) is 0. The van der Waals surface area contributed by atoms with Crippen molar-refractivity contribution < 1.29 is 27.2 Å². The van der Waals surface area contributed by atoms with Gasteiger partial charge in [-0.1, -0.05) is 13.8 Å². The number of hydrogen-bond acceptors (Lipinski definition) is 1. The Balaban J connectivity index is 0. The Kier molecular flexibility index (Phi) is 41.4. The average Bonchev–Trinajstić information content (AvgIpc) is 1.46. The van der Waals surface area contributed by atoms with E-state index in [0.29, 0.717) is 24.4 Å². The van der Waals surface area contributed by atoms with E-state index in [-0.39, 0.29) is 0 Å². The maximum atomic E-state index is 8.31. The van der Waals surface area contributed by atoms with Crippen molar-refractivity contribution in [1.82, 2.24) is 0 Å². The molecule has 0 bridgehead atoms. The molecule has 0 fully saturated rings. The van der Waals surface area contributed by atoms with Crippen LogP contribution in [-0.4, -0.2) is 0 Å². The van der Waals surface area contributed by atoms with Crippen molar-refractivity contribution in [1.29, 1.82) is 0 Å². The fraction of sp³-hybridized carbons (Fsp3) is 0.667. The topological polar surface area (TPSA) is 17.1 Å². The van der Waals surface area contributed by atoms with Crippen molar-refractivity contribution in [2.24, 2.45) is 0 Å². The summed E-state index contributed by atoms with van der Waals surface area (Å²) in [4.78, 5) is 0. The van der Waals surface area contributed by atoms with Crippen molar-refractivity contribution in [2.75, 3.05) is 0 Å². The Labute approximate surface area is 47.8 Å². The van der Waals surface area contributed by atoms with Gasteiger partial charge < -0.3 is 0 Å². The normalized spacial score (nSPS) is 4.80. The van der Waals surface area contributed by atoms with Crippen molar-refractivity contribution in [3.63, 3.8) is 0 Å². The van der Waals surface area contributed by atoms with Gasteiger partial charge in [-0.05, 0) is 6.42 Å². The average molecular weight is 104 g/mol. The molecule has 0 saturated carbocycles. The molecule has 0 saturated heterocycles. The summed E-state index contributed by atoms with van der Waals surface area (Å²) in [6, 6.07) is 0. The zero-order valence-corrected chi connectivity index (χ0v) is 5.37. The van der Waals surface area contributed by atoms with Crippen LogP contribution in [-0.2, 0) is 27.2 Å². The molecule has 0 aliphatic heterocycles. The van der Waals surface area contributed by atoms with Crippen LogP contribution in [0.25, 0.3) is 0 Å². The molecule has 1 radical (unpaired) electrons. The molecule has 0 atom stereocenters.